The van der Waals surface area contributed by atoms with Crippen LogP contribution in [0.3, 0.4) is 0 Å². The summed E-state index contributed by atoms with van der Waals surface area (Å²) in [7, 11) is 1.88. The fourth-order valence-corrected chi connectivity index (χ4v) is 2.57. The van der Waals surface area contributed by atoms with Gasteiger partial charge in [0, 0.05) is 19.0 Å². The van der Waals surface area contributed by atoms with E-state index in [2.05, 4.69) is 17.2 Å². The van der Waals surface area contributed by atoms with E-state index >= 15 is 0 Å². The summed E-state index contributed by atoms with van der Waals surface area (Å²) in [5.41, 5.74) is 4.34. The van der Waals surface area contributed by atoms with Gasteiger partial charge < -0.3 is 10.2 Å². The lowest BCUT2D eigenvalue weighted by molar-refractivity contribution is 0.614. The number of anilines is 1. The summed E-state index contributed by atoms with van der Waals surface area (Å²) < 4.78 is 14.2. The molecule has 0 bridgehead atoms. The van der Waals surface area contributed by atoms with Gasteiger partial charge >= 0.3 is 0 Å². The van der Waals surface area contributed by atoms with E-state index in [1.54, 1.807) is 22.9 Å². The molecule has 0 fully saturated rings. The molecule has 0 saturated carbocycles. The van der Waals surface area contributed by atoms with Crippen LogP contribution in [0.1, 0.15) is 24.6 Å². The lowest BCUT2D eigenvalue weighted by Crippen LogP contribution is -2.18. The number of nitrogens with one attached hydrogen (secondary N) is 1. The van der Waals surface area contributed by atoms with E-state index in [0.717, 1.165) is 24.2 Å². The highest BCUT2D eigenvalue weighted by molar-refractivity contribution is 7.07. The van der Waals surface area contributed by atoms with Gasteiger partial charge in [0.2, 0.25) is 0 Å². The van der Waals surface area contributed by atoms with Crippen molar-refractivity contribution in [1.82, 2.24) is 10.3 Å². The molecular weight excluding hydrogens is 273 g/mol. The summed E-state index contributed by atoms with van der Waals surface area (Å²) in [6, 6.07) is 5.42. The molecule has 0 aliphatic carbocycles. The maximum absolute atomic E-state index is 14.2. The van der Waals surface area contributed by atoms with Crippen LogP contribution in [0, 0.1) is 5.82 Å². The first kappa shape index (κ1) is 14.9. The highest BCUT2D eigenvalue weighted by Crippen LogP contribution is 2.21. The molecule has 1 aromatic heterocycles. The van der Waals surface area contributed by atoms with E-state index in [-0.39, 0.29) is 5.82 Å². The second kappa shape index (κ2) is 7.36. The summed E-state index contributed by atoms with van der Waals surface area (Å²) >= 11 is 1.55. The summed E-state index contributed by atoms with van der Waals surface area (Å²) in [4.78, 5) is 6.11. The van der Waals surface area contributed by atoms with E-state index in [0.29, 0.717) is 18.8 Å². The lowest BCUT2D eigenvalue weighted by atomic mass is 10.2. The van der Waals surface area contributed by atoms with Gasteiger partial charge in [-0.05, 0) is 30.7 Å². The molecule has 0 atom stereocenters. The normalized spacial score (nSPS) is 10.8. The third-order valence-corrected chi connectivity index (χ3v) is 3.70. The summed E-state index contributed by atoms with van der Waals surface area (Å²) in [6.07, 6.45) is 1.08. The van der Waals surface area contributed by atoms with Gasteiger partial charge in [0.15, 0.2) is 0 Å². The van der Waals surface area contributed by atoms with Crippen LogP contribution < -0.4 is 10.2 Å². The minimum Gasteiger partial charge on any atom is -0.366 e. The van der Waals surface area contributed by atoms with Crippen LogP contribution in [0.4, 0.5) is 10.1 Å². The molecule has 3 nitrogen and oxygen atoms in total. The van der Waals surface area contributed by atoms with Gasteiger partial charge in [-0.3, -0.25) is 0 Å². The van der Waals surface area contributed by atoms with Crippen molar-refractivity contribution in [2.24, 2.45) is 0 Å². The zero-order chi connectivity index (χ0) is 14.4. The zero-order valence-electron chi connectivity index (χ0n) is 11.9. The smallest absolute Gasteiger partial charge is 0.146 e. The predicted octanol–water partition coefficient (Wildman–Crippen LogP) is 3.42. The van der Waals surface area contributed by atoms with Crippen molar-refractivity contribution in [3.05, 3.63) is 46.2 Å². The minimum atomic E-state index is -0.182. The summed E-state index contributed by atoms with van der Waals surface area (Å²) in [5.74, 6) is -0.182. The number of benzene rings is 1. The first-order chi connectivity index (χ1) is 9.70. The molecule has 0 aliphatic heterocycles. The number of rotatable bonds is 7. The van der Waals surface area contributed by atoms with Gasteiger partial charge in [0.05, 0.1) is 23.4 Å². The quantitative estimate of drug-likeness (QED) is 0.793. The Balaban J connectivity index is 2.01. The second-order valence-corrected chi connectivity index (χ2v) is 5.52. The monoisotopic (exact) mass is 293 g/mol. The molecular formula is C15H20FN3S. The number of aromatic nitrogens is 1. The van der Waals surface area contributed by atoms with Gasteiger partial charge in [-0.15, -0.1) is 11.3 Å². The van der Waals surface area contributed by atoms with E-state index < -0.39 is 0 Å². The van der Waals surface area contributed by atoms with Gasteiger partial charge in [-0.2, -0.15) is 0 Å². The van der Waals surface area contributed by atoms with Crippen molar-refractivity contribution in [3.8, 4) is 0 Å². The van der Waals surface area contributed by atoms with E-state index in [1.807, 2.05) is 29.5 Å². The van der Waals surface area contributed by atoms with Crippen molar-refractivity contribution in [2.45, 2.75) is 26.4 Å². The minimum absolute atomic E-state index is 0.182. The van der Waals surface area contributed by atoms with Crippen LogP contribution in [-0.4, -0.2) is 18.6 Å². The Morgan fingerprint density at radius 2 is 2.25 bits per heavy atom. The third-order valence-electron chi connectivity index (χ3n) is 3.06. The number of hydrogen-bond acceptors (Lipinski definition) is 4. The van der Waals surface area contributed by atoms with Crippen molar-refractivity contribution < 1.29 is 4.39 Å². The maximum Gasteiger partial charge on any atom is 0.146 e. The average Bonchev–Trinajstić information content (AvgIpc) is 2.92. The topological polar surface area (TPSA) is 28.2 Å². The Bertz CT molecular complexity index is 528. The van der Waals surface area contributed by atoms with Gasteiger partial charge in [0.25, 0.3) is 0 Å². The number of nitrogens with zero attached hydrogens (tertiary/aromatic N) is 2. The molecule has 1 aromatic carbocycles. The fourth-order valence-electron chi connectivity index (χ4n) is 2.02. The van der Waals surface area contributed by atoms with E-state index in [9.17, 15) is 4.39 Å². The molecule has 108 valence electrons. The molecule has 1 N–H and O–H groups in total. The largest absolute Gasteiger partial charge is 0.366 e. The molecule has 2 rings (SSSR count). The molecule has 1 heterocycles. The Kier molecular flexibility index (Phi) is 5.49. The molecule has 5 heteroatoms. The van der Waals surface area contributed by atoms with Crippen LogP contribution in [0.2, 0.25) is 0 Å². The van der Waals surface area contributed by atoms with Gasteiger partial charge in [-0.1, -0.05) is 13.0 Å². The lowest BCUT2D eigenvalue weighted by Gasteiger charge is -2.19. The van der Waals surface area contributed by atoms with Crippen LogP contribution in [-0.2, 0) is 13.1 Å². The van der Waals surface area contributed by atoms with Crippen LogP contribution in [0.5, 0.6) is 0 Å². The summed E-state index contributed by atoms with van der Waals surface area (Å²) in [5, 5.41) is 5.26. The first-order valence-electron chi connectivity index (χ1n) is 6.78. The summed E-state index contributed by atoms with van der Waals surface area (Å²) in [6.45, 7) is 4.39. The van der Waals surface area contributed by atoms with Crippen LogP contribution in [0.25, 0.3) is 0 Å². The maximum atomic E-state index is 14.2. The Morgan fingerprint density at radius 1 is 1.40 bits per heavy atom. The molecule has 0 radical (unpaired) electrons. The highest BCUT2D eigenvalue weighted by Gasteiger charge is 2.09. The zero-order valence-corrected chi connectivity index (χ0v) is 12.7. The average molecular weight is 293 g/mol. The van der Waals surface area contributed by atoms with E-state index in [1.165, 1.54) is 0 Å². The molecule has 2 aromatic rings. The second-order valence-electron chi connectivity index (χ2n) is 4.80. The Hall–Kier alpha value is -1.46. The van der Waals surface area contributed by atoms with E-state index in [4.69, 9.17) is 0 Å². The highest BCUT2D eigenvalue weighted by atomic mass is 32.1. The van der Waals surface area contributed by atoms with Crippen molar-refractivity contribution in [2.75, 3.05) is 18.5 Å². The fraction of sp³-hybridized carbons (Fsp3) is 0.400. The van der Waals surface area contributed by atoms with Crippen molar-refractivity contribution >= 4 is 17.0 Å². The first-order valence-corrected chi connectivity index (χ1v) is 7.72. The number of thiazole rings is 1. The Labute approximate surface area is 123 Å². The van der Waals surface area contributed by atoms with Gasteiger partial charge in [-0.25, -0.2) is 9.37 Å². The molecule has 0 unspecified atom stereocenters. The molecule has 0 amide bonds. The van der Waals surface area contributed by atoms with Crippen molar-refractivity contribution in [3.63, 3.8) is 0 Å². The number of hydrogen-bond donors (Lipinski definition) is 1. The van der Waals surface area contributed by atoms with Crippen molar-refractivity contribution in [1.29, 1.82) is 0 Å². The van der Waals surface area contributed by atoms with Gasteiger partial charge in [0.1, 0.15) is 5.82 Å². The SMILES string of the molecule is CCCNCc1ccc(N(C)Cc2cscn2)c(F)c1. The standard InChI is InChI=1S/C15H20FN3S/c1-3-6-17-8-12-4-5-15(14(16)7-12)19(2)9-13-10-20-11-18-13/h4-5,7,10-11,17H,3,6,8-9H2,1-2H3. The van der Waals surface area contributed by atoms with Crippen LogP contribution in [0.15, 0.2) is 29.1 Å². The molecule has 0 aliphatic rings. The molecule has 20 heavy (non-hydrogen) atoms. The molecule has 0 saturated heterocycles. The Morgan fingerprint density at radius 3 is 2.90 bits per heavy atom. The van der Waals surface area contributed by atoms with Crippen LogP contribution >= 0.6 is 11.3 Å². The molecule has 0 spiro atoms. The predicted molar refractivity (Wildman–Crippen MR) is 82.6 cm³/mol. The third kappa shape index (κ3) is 4.02. The number of halogens is 1.